The van der Waals surface area contributed by atoms with Gasteiger partial charge in [0, 0.05) is 24.0 Å². The lowest BCUT2D eigenvalue weighted by Gasteiger charge is -2.14. The van der Waals surface area contributed by atoms with Crippen molar-refractivity contribution in [2.75, 3.05) is 39.7 Å². The van der Waals surface area contributed by atoms with Gasteiger partial charge in [0.05, 0.1) is 26.8 Å². The highest BCUT2D eigenvalue weighted by Gasteiger charge is 2.16. The van der Waals surface area contributed by atoms with E-state index in [1.54, 1.807) is 12.1 Å². The zero-order valence-electron chi connectivity index (χ0n) is 17.0. The van der Waals surface area contributed by atoms with Crippen molar-refractivity contribution in [2.24, 2.45) is 0 Å². The summed E-state index contributed by atoms with van der Waals surface area (Å²) < 4.78 is 15.9. The summed E-state index contributed by atoms with van der Waals surface area (Å²) in [6, 6.07) is 13.3. The van der Waals surface area contributed by atoms with E-state index < -0.39 is 0 Å². The van der Waals surface area contributed by atoms with E-state index in [0.717, 1.165) is 22.3 Å². The topological polar surface area (TPSA) is 81.7 Å². The zero-order valence-corrected chi connectivity index (χ0v) is 17.0. The van der Waals surface area contributed by atoms with Crippen molar-refractivity contribution in [3.8, 4) is 17.2 Å². The second-order valence-corrected chi connectivity index (χ2v) is 6.44. The number of anilines is 1. The molecule has 7 nitrogen and oxygen atoms in total. The predicted octanol–water partition coefficient (Wildman–Crippen LogP) is 3.41. The van der Waals surface area contributed by atoms with Crippen LogP contribution in [0.5, 0.6) is 17.2 Å². The molecule has 29 heavy (non-hydrogen) atoms. The lowest BCUT2D eigenvalue weighted by atomic mass is 10.1. The number of ether oxygens (including phenoxy) is 3. The summed E-state index contributed by atoms with van der Waals surface area (Å²) in [5.74, 6) is 1.91. The van der Waals surface area contributed by atoms with Crippen molar-refractivity contribution in [3.63, 3.8) is 0 Å². The van der Waals surface area contributed by atoms with E-state index in [2.05, 4.69) is 21.7 Å². The Labute approximate surface area is 170 Å². The molecule has 1 aromatic heterocycles. The van der Waals surface area contributed by atoms with Crippen molar-refractivity contribution in [2.45, 2.75) is 6.92 Å². The molecule has 1 amide bonds. The number of rotatable bonds is 8. The molecule has 0 atom stereocenters. The van der Waals surface area contributed by atoms with Gasteiger partial charge in [-0.15, -0.1) is 0 Å². The molecular weight excluding hydrogens is 370 g/mol. The molecule has 0 saturated heterocycles. The molecule has 2 aromatic carbocycles. The predicted molar refractivity (Wildman–Crippen MR) is 113 cm³/mol. The Hall–Kier alpha value is -3.48. The number of fused-ring (bicyclic) bond motifs is 1. The number of hydrogen-bond acceptors (Lipinski definition) is 6. The Morgan fingerprint density at radius 3 is 2.31 bits per heavy atom. The molecule has 0 bridgehead atoms. The van der Waals surface area contributed by atoms with Gasteiger partial charge in [0.25, 0.3) is 5.91 Å². The smallest absolute Gasteiger partial charge is 0.251 e. The molecule has 3 rings (SSSR count). The number of nitrogens with one attached hydrogen (secondary N) is 2. The molecule has 0 fully saturated rings. The first-order valence-electron chi connectivity index (χ1n) is 9.25. The minimum atomic E-state index is -0.228. The summed E-state index contributed by atoms with van der Waals surface area (Å²) in [6.07, 6.45) is 0. The Kier molecular flexibility index (Phi) is 6.39. The third kappa shape index (κ3) is 4.51. The van der Waals surface area contributed by atoms with Crippen LogP contribution in [0, 0.1) is 6.92 Å². The molecule has 3 aromatic rings. The first kappa shape index (κ1) is 20.3. The van der Waals surface area contributed by atoms with Gasteiger partial charge in [0.2, 0.25) is 5.75 Å². The highest BCUT2D eigenvalue weighted by atomic mass is 16.5. The van der Waals surface area contributed by atoms with Crippen LogP contribution in [-0.4, -0.2) is 45.3 Å². The van der Waals surface area contributed by atoms with Crippen molar-refractivity contribution in [1.29, 1.82) is 0 Å². The first-order valence-corrected chi connectivity index (χ1v) is 9.25. The molecule has 0 aliphatic carbocycles. The number of aromatic nitrogens is 1. The van der Waals surface area contributed by atoms with Crippen molar-refractivity contribution >= 4 is 22.6 Å². The third-order valence-corrected chi connectivity index (χ3v) is 4.54. The van der Waals surface area contributed by atoms with Gasteiger partial charge >= 0.3 is 0 Å². The van der Waals surface area contributed by atoms with Crippen LogP contribution in [0.2, 0.25) is 0 Å². The van der Waals surface area contributed by atoms with Gasteiger partial charge in [-0.1, -0.05) is 18.2 Å². The van der Waals surface area contributed by atoms with Crippen LogP contribution < -0.4 is 24.8 Å². The normalized spacial score (nSPS) is 10.5. The van der Waals surface area contributed by atoms with E-state index in [1.807, 2.05) is 31.2 Å². The Morgan fingerprint density at radius 1 is 0.966 bits per heavy atom. The minimum absolute atomic E-state index is 0.228. The van der Waals surface area contributed by atoms with Gasteiger partial charge in [0.1, 0.15) is 5.82 Å². The molecule has 0 aliphatic rings. The minimum Gasteiger partial charge on any atom is -0.493 e. The molecule has 152 valence electrons. The van der Waals surface area contributed by atoms with Crippen LogP contribution in [0.4, 0.5) is 5.82 Å². The summed E-state index contributed by atoms with van der Waals surface area (Å²) in [5, 5.41) is 7.27. The van der Waals surface area contributed by atoms with E-state index in [4.69, 9.17) is 14.2 Å². The van der Waals surface area contributed by atoms with E-state index >= 15 is 0 Å². The fourth-order valence-corrected chi connectivity index (χ4v) is 3.07. The maximum absolute atomic E-state index is 12.5. The number of hydrogen-bond donors (Lipinski definition) is 2. The highest BCUT2D eigenvalue weighted by molar-refractivity contribution is 5.95. The number of benzene rings is 2. The monoisotopic (exact) mass is 395 g/mol. The molecule has 0 radical (unpaired) electrons. The number of methoxy groups -OCH3 is 3. The van der Waals surface area contributed by atoms with Crippen LogP contribution in [0.15, 0.2) is 42.5 Å². The van der Waals surface area contributed by atoms with Gasteiger partial charge in [-0.05, 0) is 36.8 Å². The Bertz CT molecular complexity index is 995. The van der Waals surface area contributed by atoms with Crippen LogP contribution in [0.25, 0.3) is 10.9 Å². The second-order valence-electron chi connectivity index (χ2n) is 6.44. The molecular formula is C22H25N3O4. The quantitative estimate of drug-likeness (QED) is 0.569. The number of aryl methyl sites for hydroxylation is 1. The average molecular weight is 395 g/mol. The summed E-state index contributed by atoms with van der Waals surface area (Å²) in [4.78, 5) is 17.2. The summed E-state index contributed by atoms with van der Waals surface area (Å²) >= 11 is 0. The standard InChI is InChI=1S/C22H25N3O4/c1-14-11-15-7-5-6-8-17(15)25-21(14)23-9-10-24-22(26)16-12-18(27-2)20(29-4)19(13-16)28-3/h5-8,11-13H,9-10H2,1-4H3,(H,23,25)(H,24,26). The summed E-state index contributed by atoms with van der Waals surface area (Å²) in [5.41, 5.74) is 2.42. The maximum atomic E-state index is 12.5. The fraction of sp³-hybridized carbons (Fsp3) is 0.273. The van der Waals surface area contributed by atoms with Gasteiger partial charge in [0.15, 0.2) is 11.5 Å². The van der Waals surface area contributed by atoms with Crippen molar-refractivity contribution in [3.05, 3.63) is 53.6 Å². The van der Waals surface area contributed by atoms with Crippen molar-refractivity contribution in [1.82, 2.24) is 10.3 Å². The second kappa shape index (κ2) is 9.14. The van der Waals surface area contributed by atoms with Crippen LogP contribution in [0.3, 0.4) is 0 Å². The van der Waals surface area contributed by atoms with Crippen molar-refractivity contribution < 1.29 is 19.0 Å². The number of carbonyl (C=O) groups is 1. The summed E-state index contributed by atoms with van der Waals surface area (Å²) in [6.45, 7) is 2.99. The molecule has 1 heterocycles. The van der Waals surface area contributed by atoms with Gasteiger partial charge in [-0.25, -0.2) is 4.98 Å². The molecule has 7 heteroatoms. The number of para-hydroxylation sites is 1. The molecule has 0 aliphatic heterocycles. The third-order valence-electron chi connectivity index (χ3n) is 4.54. The van der Waals surface area contributed by atoms with Gasteiger partial charge in [-0.2, -0.15) is 0 Å². The van der Waals surface area contributed by atoms with E-state index in [1.165, 1.54) is 21.3 Å². The van der Waals surface area contributed by atoms with Crippen LogP contribution in [0.1, 0.15) is 15.9 Å². The number of nitrogens with zero attached hydrogens (tertiary/aromatic N) is 1. The largest absolute Gasteiger partial charge is 0.493 e. The fourth-order valence-electron chi connectivity index (χ4n) is 3.07. The lowest BCUT2D eigenvalue weighted by Crippen LogP contribution is -2.29. The van der Waals surface area contributed by atoms with Gasteiger partial charge < -0.3 is 24.8 Å². The molecule has 0 unspecified atom stereocenters. The van der Waals surface area contributed by atoms with E-state index in [0.29, 0.717) is 35.9 Å². The first-order chi connectivity index (χ1) is 14.1. The lowest BCUT2D eigenvalue weighted by molar-refractivity contribution is 0.0954. The highest BCUT2D eigenvalue weighted by Crippen LogP contribution is 2.38. The van der Waals surface area contributed by atoms with E-state index in [-0.39, 0.29) is 5.91 Å². The maximum Gasteiger partial charge on any atom is 0.251 e. The van der Waals surface area contributed by atoms with E-state index in [9.17, 15) is 4.79 Å². The van der Waals surface area contributed by atoms with Crippen LogP contribution in [-0.2, 0) is 0 Å². The number of carbonyl (C=O) groups excluding carboxylic acids is 1. The SMILES string of the molecule is COc1cc(C(=O)NCCNc2nc3ccccc3cc2C)cc(OC)c1OC. The molecule has 0 spiro atoms. The Balaban J connectivity index is 1.62. The summed E-state index contributed by atoms with van der Waals surface area (Å²) in [7, 11) is 4.55. The van der Waals surface area contributed by atoms with Gasteiger partial charge in [-0.3, -0.25) is 4.79 Å². The number of pyridine rings is 1. The van der Waals surface area contributed by atoms with Crippen LogP contribution >= 0.6 is 0 Å². The zero-order chi connectivity index (χ0) is 20.8. The number of amides is 1. The molecule has 2 N–H and O–H groups in total. The Morgan fingerprint density at radius 2 is 1.66 bits per heavy atom. The average Bonchev–Trinajstić information content (AvgIpc) is 2.75. The molecule has 0 saturated carbocycles.